The lowest BCUT2D eigenvalue weighted by atomic mass is 10.0. The number of carbonyl (C=O) groups is 1. The Labute approximate surface area is 113 Å². The second-order valence-corrected chi connectivity index (χ2v) is 4.52. The number of carbonyl (C=O) groups excluding carboxylic acids is 1. The molecule has 0 bridgehead atoms. The van der Waals surface area contributed by atoms with Crippen molar-refractivity contribution in [1.82, 2.24) is 4.90 Å². The summed E-state index contributed by atoms with van der Waals surface area (Å²) in [7, 11) is 3.45. The number of amides is 1. The normalized spacial score (nSPS) is 10.0. The van der Waals surface area contributed by atoms with Crippen molar-refractivity contribution in [1.29, 1.82) is 5.41 Å². The molecule has 3 heteroatoms. The number of hydrogen-bond acceptors (Lipinski definition) is 2. The number of rotatable bonds is 3. The van der Waals surface area contributed by atoms with Gasteiger partial charge in [-0.1, -0.05) is 42.5 Å². The molecule has 0 aromatic heterocycles. The third kappa shape index (κ3) is 2.88. The van der Waals surface area contributed by atoms with E-state index in [9.17, 15) is 4.79 Å². The molecule has 0 fully saturated rings. The molecule has 0 saturated carbocycles. The van der Waals surface area contributed by atoms with Crippen LogP contribution in [-0.2, 0) is 0 Å². The van der Waals surface area contributed by atoms with E-state index in [0.717, 1.165) is 11.1 Å². The van der Waals surface area contributed by atoms with E-state index in [1.165, 1.54) is 4.90 Å². The topological polar surface area (TPSA) is 44.2 Å². The van der Waals surface area contributed by atoms with Crippen molar-refractivity contribution in [2.45, 2.75) is 0 Å². The van der Waals surface area contributed by atoms with Crippen LogP contribution in [0.5, 0.6) is 0 Å². The van der Waals surface area contributed by atoms with Crippen LogP contribution < -0.4 is 0 Å². The first-order chi connectivity index (χ1) is 9.09. The highest BCUT2D eigenvalue weighted by atomic mass is 16.2. The fourth-order valence-corrected chi connectivity index (χ4v) is 1.81. The first-order valence-corrected chi connectivity index (χ1v) is 6.05. The summed E-state index contributed by atoms with van der Waals surface area (Å²) in [6.07, 6.45) is 0. The van der Waals surface area contributed by atoms with E-state index in [0.29, 0.717) is 11.3 Å². The van der Waals surface area contributed by atoms with Gasteiger partial charge in [-0.05, 0) is 17.7 Å². The maximum absolute atomic E-state index is 11.8. The van der Waals surface area contributed by atoms with Crippen LogP contribution in [0.3, 0.4) is 0 Å². The molecule has 19 heavy (non-hydrogen) atoms. The lowest BCUT2D eigenvalue weighted by Gasteiger charge is -2.11. The molecule has 3 nitrogen and oxygen atoms in total. The molecule has 0 aliphatic carbocycles. The van der Waals surface area contributed by atoms with Gasteiger partial charge in [-0.2, -0.15) is 0 Å². The molecule has 96 valence electrons. The SMILES string of the molecule is CN(C)C(=O)c1ccc(C(=N)c2ccccc2)cc1. The van der Waals surface area contributed by atoms with Gasteiger partial charge in [0.05, 0.1) is 5.71 Å². The number of benzene rings is 2. The summed E-state index contributed by atoms with van der Waals surface area (Å²) in [5.74, 6) is -0.0298. The number of nitrogens with one attached hydrogen (secondary N) is 1. The summed E-state index contributed by atoms with van der Waals surface area (Å²) >= 11 is 0. The van der Waals surface area contributed by atoms with E-state index in [4.69, 9.17) is 5.41 Å². The summed E-state index contributed by atoms with van der Waals surface area (Å²) in [6, 6.07) is 16.7. The number of hydrogen-bond donors (Lipinski definition) is 1. The minimum absolute atomic E-state index is 0.0298. The van der Waals surface area contributed by atoms with Crippen LogP contribution in [0.25, 0.3) is 0 Å². The minimum atomic E-state index is -0.0298. The Balaban J connectivity index is 2.24. The summed E-state index contributed by atoms with van der Waals surface area (Å²) in [6.45, 7) is 0. The maximum atomic E-state index is 11.8. The Hall–Kier alpha value is -2.42. The van der Waals surface area contributed by atoms with E-state index < -0.39 is 0 Å². The molecule has 0 heterocycles. The second-order valence-electron chi connectivity index (χ2n) is 4.52. The Morgan fingerprint density at radius 1 is 0.842 bits per heavy atom. The summed E-state index contributed by atoms with van der Waals surface area (Å²) in [5, 5.41) is 8.14. The molecule has 0 aliphatic rings. The molecule has 1 N–H and O–H groups in total. The van der Waals surface area contributed by atoms with E-state index in [2.05, 4.69) is 0 Å². The maximum Gasteiger partial charge on any atom is 0.253 e. The number of nitrogens with zero attached hydrogens (tertiary/aromatic N) is 1. The third-order valence-electron chi connectivity index (χ3n) is 2.89. The van der Waals surface area contributed by atoms with Gasteiger partial charge in [-0.3, -0.25) is 10.2 Å². The van der Waals surface area contributed by atoms with Crippen LogP contribution in [0.2, 0.25) is 0 Å². The van der Waals surface area contributed by atoms with Gasteiger partial charge in [0.1, 0.15) is 0 Å². The molecule has 2 aromatic rings. The molecule has 0 radical (unpaired) electrons. The molecule has 0 saturated heterocycles. The van der Waals surface area contributed by atoms with Crippen LogP contribution in [0.1, 0.15) is 21.5 Å². The standard InChI is InChI=1S/C16H16N2O/c1-18(2)16(19)14-10-8-13(9-11-14)15(17)12-6-4-3-5-7-12/h3-11,17H,1-2H3. The summed E-state index contributed by atoms with van der Waals surface area (Å²) in [5.41, 5.74) is 2.77. The molecular weight excluding hydrogens is 236 g/mol. The highest BCUT2D eigenvalue weighted by Gasteiger charge is 2.09. The Morgan fingerprint density at radius 2 is 1.32 bits per heavy atom. The van der Waals surface area contributed by atoms with Crippen molar-refractivity contribution in [3.63, 3.8) is 0 Å². The van der Waals surface area contributed by atoms with Crippen molar-refractivity contribution in [3.8, 4) is 0 Å². The zero-order chi connectivity index (χ0) is 13.8. The Bertz CT molecular complexity index is 586. The third-order valence-corrected chi connectivity index (χ3v) is 2.89. The summed E-state index contributed by atoms with van der Waals surface area (Å²) < 4.78 is 0. The van der Waals surface area contributed by atoms with Crippen molar-refractivity contribution in [2.24, 2.45) is 0 Å². The van der Waals surface area contributed by atoms with Crippen molar-refractivity contribution < 1.29 is 4.79 Å². The first-order valence-electron chi connectivity index (χ1n) is 6.05. The largest absolute Gasteiger partial charge is 0.345 e. The zero-order valence-corrected chi connectivity index (χ0v) is 11.1. The van der Waals surface area contributed by atoms with Gasteiger partial charge in [0.25, 0.3) is 5.91 Å². The smallest absolute Gasteiger partial charge is 0.253 e. The lowest BCUT2D eigenvalue weighted by Crippen LogP contribution is -2.21. The van der Waals surface area contributed by atoms with E-state index in [-0.39, 0.29) is 5.91 Å². The highest BCUT2D eigenvalue weighted by Crippen LogP contribution is 2.11. The van der Waals surface area contributed by atoms with Crippen LogP contribution in [0.4, 0.5) is 0 Å². The fraction of sp³-hybridized carbons (Fsp3) is 0.125. The van der Waals surface area contributed by atoms with Crippen LogP contribution in [0.15, 0.2) is 54.6 Å². The minimum Gasteiger partial charge on any atom is -0.345 e. The molecule has 2 rings (SSSR count). The predicted molar refractivity (Wildman–Crippen MR) is 76.8 cm³/mol. The quantitative estimate of drug-likeness (QED) is 0.839. The van der Waals surface area contributed by atoms with E-state index in [1.807, 2.05) is 42.5 Å². The van der Waals surface area contributed by atoms with Gasteiger partial charge in [0.2, 0.25) is 0 Å². The molecule has 0 atom stereocenters. The van der Waals surface area contributed by atoms with Gasteiger partial charge in [-0.15, -0.1) is 0 Å². The monoisotopic (exact) mass is 252 g/mol. The van der Waals surface area contributed by atoms with Crippen LogP contribution in [0, 0.1) is 5.41 Å². The first kappa shape index (κ1) is 13.0. The molecule has 0 aliphatic heterocycles. The highest BCUT2D eigenvalue weighted by molar-refractivity contribution is 6.11. The predicted octanol–water partition coefficient (Wildman–Crippen LogP) is 2.80. The molecule has 0 spiro atoms. The van der Waals surface area contributed by atoms with Crippen molar-refractivity contribution in [3.05, 3.63) is 71.3 Å². The Morgan fingerprint density at radius 3 is 1.84 bits per heavy atom. The second kappa shape index (κ2) is 5.48. The van der Waals surface area contributed by atoms with Crippen molar-refractivity contribution in [2.75, 3.05) is 14.1 Å². The van der Waals surface area contributed by atoms with Gasteiger partial charge in [-0.25, -0.2) is 0 Å². The fourth-order valence-electron chi connectivity index (χ4n) is 1.81. The lowest BCUT2D eigenvalue weighted by molar-refractivity contribution is 0.0827. The van der Waals surface area contributed by atoms with E-state index >= 15 is 0 Å². The molecule has 0 unspecified atom stereocenters. The van der Waals surface area contributed by atoms with Gasteiger partial charge >= 0.3 is 0 Å². The van der Waals surface area contributed by atoms with Crippen LogP contribution >= 0.6 is 0 Å². The Kier molecular flexibility index (Phi) is 3.76. The van der Waals surface area contributed by atoms with E-state index in [1.54, 1.807) is 26.2 Å². The molecule has 1 amide bonds. The van der Waals surface area contributed by atoms with Crippen molar-refractivity contribution >= 4 is 11.6 Å². The van der Waals surface area contributed by atoms with Gasteiger partial charge in [0.15, 0.2) is 0 Å². The zero-order valence-electron chi connectivity index (χ0n) is 11.1. The summed E-state index contributed by atoms with van der Waals surface area (Å²) in [4.78, 5) is 13.3. The van der Waals surface area contributed by atoms with Gasteiger partial charge in [0, 0.05) is 25.2 Å². The van der Waals surface area contributed by atoms with Gasteiger partial charge < -0.3 is 4.90 Å². The van der Waals surface area contributed by atoms with Crippen LogP contribution in [-0.4, -0.2) is 30.6 Å². The average molecular weight is 252 g/mol. The average Bonchev–Trinajstić information content (AvgIpc) is 2.46. The molecule has 2 aromatic carbocycles. The molecular formula is C16H16N2O.